The fraction of sp³-hybridized carbons (Fsp3) is 0.571. The molecule has 98 valence electrons. The number of hydrogen-bond donors (Lipinski definition) is 1. The summed E-state index contributed by atoms with van der Waals surface area (Å²) in [5.41, 5.74) is 0.778. The minimum absolute atomic E-state index is 0.107. The highest BCUT2D eigenvalue weighted by Gasteiger charge is 2.41. The Kier molecular flexibility index (Phi) is 3.32. The van der Waals surface area contributed by atoms with Crippen molar-refractivity contribution in [3.05, 3.63) is 28.5 Å². The van der Waals surface area contributed by atoms with Crippen LogP contribution in [0.3, 0.4) is 0 Å². The van der Waals surface area contributed by atoms with Crippen LogP contribution in [0.25, 0.3) is 0 Å². The van der Waals surface area contributed by atoms with E-state index in [0.29, 0.717) is 18.1 Å². The van der Waals surface area contributed by atoms with Gasteiger partial charge in [-0.05, 0) is 50.9 Å². The van der Waals surface area contributed by atoms with Crippen LogP contribution in [0, 0.1) is 5.82 Å². The fourth-order valence-electron chi connectivity index (χ4n) is 3.50. The molecule has 2 unspecified atom stereocenters. The van der Waals surface area contributed by atoms with E-state index in [9.17, 15) is 4.39 Å². The lowest BCUT2D eigenvalue weighted by Gasteiger charge is -2.40. The second-order valence-corrected chi connectivity index (χ2v) is 6.26. The van der Waals surface area contributed by atoms with Crippen LogP contribution < -0.4 is 10.2 Å². The molecule has 4 heteroatoms. The second kappa shape index (κ2) is 4.82. The summed E-state index contributed by atoms with van der Waals surface area (Å²) in [6, 6.07) is 7.00. The number of benzene rings is 1. The van der Waals surface area contributed by atoms with Crippen LogP contribution >= 0.6 is 15.9 Å². The Morgan fingerprint density at radius 3 is 2.50 bits per heavy atom. The number of halogens is 2. The first-order chi connectivity index (χ1) is 8.69. The molecule has 2 fully saturated rings. The second-order valence-electron chi connectivity index (χ2n) is 5.35. The fourth-order valence-corrected chi connectivity index (χ4v) is 3.83. The summed E-state index contributed by atoms with van der Waals surface area (Å²) in [5.74, 6) is -0.107. The van der Waals surface area contributed by atoms with Gasteiger partial charge in [0.15, 0.2) is 0 Å². The van der Waals surface area contributed by atoms with E-state index in [1.165, 1.54) is 12.8 Å². The summed E-state index contributed by atoms with van der Waals surface area (Å²) in [6.45, 7) is 0. The molecule has 0 radical (unpaired) electrons. The van der Waals surface area contributed by atoms with Crippen molar-refractivity contribution in [2.45, 2.75) is 43.8 Å². The highest BCUT2D eigenvalue weighted by atomic mass is 79.9. The highest BCUT2D eigenvalue weighted by Crippen LogP contribution is 2.40. The molecule has 1 N–H and O–H groups in total. The lowest BCUT2D eigenvalue weighted by molar-refractivity contribution is 0.370. The van der Waals surface area contributed by atoms with Crippen molar-refractivity contribution in [2.24, 2.45) is 0 Å². The molecule has 2 atom stereocenters. The number of rotatable bonds is 2. The lowest BCUT2D eigenvalue weighted by Crippen LogP contribution is -2.48. The Morgan fingerprint density at radius 1 is 1.28 bits per heavy atom. The van der Waals surface area contributed by atoms with Crippen LogP contribution in [0.1, 0.15) is 25.7 Å². The first kappa shape index (κ1) is 12.4. The number of fused-ring (bicyclic) bond motifs is 2. The van der Waals surface area contributed by atoms with E-state index < -0.39 is 0 Å². The predicted octanol–water partition coefficient (Wildman–Crippen LogP) is 3.31. The molecule has 2 aliphatic rings. The van der Waals surface area contributed by atoms with Gasteiger partial charge in [0.2, 0.25) is 0 Å². The number of nitrogens with zero attached hydrogens (tertiary/aromatic N) is 1. The minimum Gasteiger partial charge on any atom is -0.363 e. The average molecular weight is 313 g/mol. The maximum absolute atomic E-state index is 14.1. The molecule has 2 nitrogen and oxygen atoms in total. The maximum Gasteiger partial charge on any atom is 0.147 e. The van der Waals surface area contributed by atoms with E-state index >= 15 is 0 Å². The molecule has 0 spiro atoms. The highest BCUT2D eigenvalue weighted by molar-refractivity contribution is 9.10. The summed E-state index contributed by atoms with van der Waals surface area (Å²) in [6.07, 6.45) is 4.64. The van der Waals surface area contributed by atoms with Crippen molar-refractivity contribution < 1.29 is 4.39 Å². The molecule has 1 aromatic carbocycles. The standard InChI is InChI=1S/C14H18BrFN2/c1-17-10-7-11-3-4-12(8-10)18(11)14-5-2-9(15)6-13(14)16/h2,5-6,10-12,17H,3-4,7-8H2,1H3. The number of hydrogen-bond acceptors (Lipinski definition) is 2. The summed E-state index contributed by atoms with van der Waals surface area (Å²) < 4.78 is 14.9. The Morgan fingerprint density at radius 2 is 1.94 bits per heavy atom. The van der Waals surface area contributed by atoms with E-state index in [-0.39, 0.29) is 5.82 Å². The van der Waals surface area contributed by atoms with Crippen LogP contribution in [0.5, 0.6) is 0 Å². The van der Waals surface area contributed by atoms with E-state index in [0.717, 1.165) is 23.0 Å². The molecule has 2 saturated heterocycles. The van der Waals surface area contributed by atoms with Gasteiger partial charge >= 0.3 is 0 Å². The molecule has 0 aromatic heterocycles. The van der Waals surface area contributed by atoms with Gasteiger partial charge in [0.1, 0.15) is 5.82 Å². The zero-order valence-corrected chi connectivity index (χ0v) is 12.1. The third kappa shape index (κ3) is 2.05. The Labute approximate surface area is 116 Å². The van der Waals surface area contributed by atoms with E-state index in [1.54, 1.807) is 6.07 Å². The van der Waals surface area contributed by atoms with Crippen molar-refractivity contribution in [2.75, 3.05) is 11.9 Å². The molecule has 2 aliphatic heterocycles. The zero-order valence-electron chi connectivity index (χ0n) is 10.5. The van der Waals surface area contributed by atoms with Gasteiger partial charge in [-0.25, -0.2) is 4.39 Å². The summed E-state index contributed by atoms with van der Waals surface area (Å²) in [7, 11) is 2.03. The lowest BCUT2D eigenvalue weighted by atomic mass is 9.96. The first-order valence-electron chi connectivity index (χ1n) is 6.59. The van der Waals surface area contributed by atoms with E-state index in [2.05, 4.69) is 26.1 Å². The van der Waals surface area contributed by atoms with Crippen molar-refractivity contribution >= 4 is 21.6 Å². The Hall–Kier alpha value is -0.610. The number of nitrogens with one attached hydrogen (secondary N) is 1. The van der Waals surface area contributed by atoms with Gasteiger partial charge < -0.3 is 10.2 Å². The zero-order chi connectivity index (χ0) is 12.7. The predicted molar refractivity (Wildman–Crippen MR) is 75.5 cm³/mol. The Bertz CT molecular complexity index is 437. The molecule has 3 rings (SSSR count). The van der Waals surface area contributed by atoms with Gasteiger partial charge in [0.05, 0.1) is 5.69 Å². The van der Waals surface area contributed by atoms with E-state index in [4.69, 9.17) is 0 Å². The third-order valence-corrected chi connectivity index (χ3v) is 4.82. The van der Waals surface area contributed by atoms with Crippen molar-refractivity contribution in [1.29, 1.82) is 0 Å². The Balaban J connectivity index is 1.89. The third-order valence-electron chi connectivity index (χ3n) is 4.33. The van der Waals surface area contributed by atoms with Gasteiger partial charge in [0.25, 0.3) is 0 Å². The normalized spacial score (nSPS) is 30.8. The molecule has 0 aliphatic carbocycles. The molecule has 18 heavy (non-hydrogen) atoms. The molecule has 0 saturated carbocycles. The van der Waals surface area contributed by atoms with Gasteiger partial charge in [-0.1, -0.05) is 15.9 Å². The van der Waals surface area contributed by atoms with Crippen LogP contribution in [0.4, 0.5) is 10.1 Å². The quantitative estimate of drug-likeness (QED) is 0.901. The molecule has 2 bridgehead atoms. The maximum atomic E-state index is 14.1. The largest absolute Gasteiger partial charge is 0.363 e. The number of anilines is 1. The van der Waals surface area contributed by atoms with Crippen molar-refractivity contribution in [3.8, 4) is 0 Å². The van der Waals surface area contributed by atoms with E-state index in [1.807, 2.05) is 19.2 Å². The average Bonchev–Trinajstić information content (AvgIpc) is 2.60. The molecular formula is C14H18BrFN2. The molecule has 1 aromatic rings. The van der Waals surface area contributed by atoms with Gasteiger partial charge in [-0.3, -0.25) is 0 Å². The molecule has 0 amide bonds. The van der Waals surface area contributed by atoms with Crippen molar-refractivity contribution in [1.82, 2.24) is 5.32 Å². The van der Waals surface area contributed by atoms with Crippen LogP contribution in [-0.4, -0.2) is 25.2 Å². The van der Waals surface area contributed by atoms with Crippen LogP contribution in [-0.2, 0) is 0 Å². The van der Waals surface area contributed by atoms with Crippen LogP contribution in [0.15, 0.2) is 22.7 Å². The SMILES string of the molecule is CNC1CC2CCC(C1)N2c1ccc(Br)cc1F. The summed E-state index contributed by atoms with van der Waals surface area (Å²) in [5, 5.41) is 3.37. The smallest absolute Gasteiger partial charge is 0.147 e. The minimum atomic E-state index is -0.107. The topological polar surface area (TPSA) is 15.3 Å². The number of piperidine rings is 1. The first-order valence-corrected chi connectivity index (χ1v) is 7.39. The van der Waals surface area contributed by atoms with Gasteiger partial charge in [-0.15, -0.1) is 0 Å². The van der Waals surface area contributed by atoms with Crippen LogP contribution in [0.2, 0.25) is 0 Å². The summed E-state index contributed by atoms with van der Waals surface area (Å²) in [4.78, 5) is 2.32. The molecular weight excluding hydrogens is 295 g/mol. The van der Waals surface area contributed by atoms with Gasteiger partial charge in [-0.2, -0.15) is 0 Å². The van der Waals surface area contributed by atoms with Gasteiger partial charge in [0, 0.05) is 22.6 Å². The monoisotopic (exact) mass is 312 g/mol. The molecule has 2 heterocycles. The summed E-state index contributed by atoms with van der Waals surface area (Å²) >= 11 is 3.32. The van der Waals surface area contributed by atoms with Crippen molar-refractivity contribution in [3.63, 3.8) is 0 Å².